The van der Waals surface area contributed by atoms with E-state index in [4.69, 9.17) is 23.2 Å². The highest BCUT2D eigenvalue weighted by Gasteiger charge is 2.29. The minimum absolute atomic E-state index is 0.0114. The standard InChI is InChI=1S/C29H25Cl2N3O3S/c1-2-34-26-11-7-6-10-23(26)24-17-22(13-15-27(24)34)32-29(35)19-33(18-20-8-4-3-5-9-20)38(36,37)28-16-21(30)12-14-25(28)31/h3-17H,2,18-19H2,1H3,(H,32,35). The summed E-state index contributed by atoms with van der Waals surface area (Å²) < 4.78 is 30.6. The van der Waals surface area contributed by atoms with E-state index < -0.39 is 22.5 Å². The molecular formula is C29H25Cl2N3O3S. The molecule has 1 heterocycles. The molecule has 38 heavy (non-hydrogen) atoms. The molecular weight excluding hydrogens is 541 g/mol. The molecule has 0 spiro atoms. The first-order valence-corrected chi connectivity index (χ1v) is 14.3. The second kappa shape index (κ2) is 10.8. The van der Waals surface area contributed by atoms with Crippen molar-refractivity contribution in [3.63, 3.8) is 0 Å². The normalized spacial score (nSPS) is 11.9. The molecule has 0 aliphatic rings. The average Bonchev–Trinajstić information content (AvgIpc) is 3.23. The van der Waals surface area contributed by atoms with Crippen LogP contribution in [0.25, 0.3) is 21.8 Å². The molecule has 194 valence electrons. The zero-order chi connectivity index (χ0) is 26.9. The summed E-state index contributed by atoms with van der Waals surface area (Å²) in [7, 11) is -4.15. The van der Waals surface area contributed by atoms with E-state index in [2.05, 4.69) is 28.9 Å². The van der Waals surface area contributed by atoms with E-state index in [9.17, 15) is 13.2 Å². The molecule has 0 radical (unpaired) electrons. The molecule has 0 saturated heterocycles. The van der Waals surface area contributed by atoms with Gasteiger partial charge in [-0.05, 0) is 55.0 Å². The molecule has 0 aliphatic carbocycles. The van der Waals surface area contributed by atoms with Gasteiger partial charge in [-0.1, -0.05) is 71.7 Å². The quantitative estimate of drug-likeness (QED) is 0.221. The summed E-state index contributed by atoms with van der Waals surface area (Å²) in [6.45, 7) is 2.49. The summed E-state index contributed by atoms with van der Waals surface area (Å²) in [5.41, 5.74) is 3.50. The predicted molar refractivity (Wildman–Crippen MR) is 154 cm³/mol. The zero-order valence-corrected chi connectivity index (χ0v) is 22.9. The van der Waals surface area contributed by atoms with Crippen LogP contribution in [0.1, 0.15) is 12.5 Å². The van der Waals surface area contributed by atoms with E-state index in [1.807, 2.05) is 48.5 Å². The van der Waals surface area contributed by atoms with Gasteiger partial charge >= 0.3 is 0 Å². The smallest absolute Gasteiger partial charge is 0.245 e. The average molecular weight is 567 g/mol. The first kappa shape index (κ1) is 26.3. The van der Waals surface area contributed by atoms with E-state index in [-0.39, 0.29) is 21.5 Å². The molecule has 1 N–H and O–H groups in total. The second-order valence-electron chi connectivity index (χ2n) is 8.87. The molecule has 0 fully saturated rings. The highest BCUT2D eigenvalue weighted by Crippen LogP contribution is 2.32. The van der Waals surface area contributed by atoms with Crippen LogP contribution in [-0.4, -0.2) is 29.7 Å². The maximum absolute atomic E-state index is 13.7. The van der Waals surface area contributed by atoms with Gasteiger partial charge in [0.1, 0.15) is 4.90 Å². The van der Waals surface area contributed by atoms with Crippen molar-refractivity contribution in [2.24, 2.45) is 0 Å². The third-order valence-electron chi connectivity index (χ3n) is 6.41. The Labute approximate surface area is 231 Å². The Morgan fingerprint density at radius 3 is 2.34 bits per heavy atom. The monoisotopic (exact) mass is 565 g/mol. The molecule has 9 heteroatoms. The Bertz CT molecular complexity index is 1750. The fourth-order valence-corrected chi connectivity index (χ4v) is 6.78. The lowest BCUT2D eigenvalue weighted by Gasteiger charge is -2.22. The zero-order valence-electron chi connectivity index (χ0n) is 20.6. The van der Waals surface area contributed by atoms with Crippen LogP contribution < -0.4 is 5.32 Å². The third kappa shape index (κ3) is 5.15. The van der Waals surface area contributed by atoms with Crippen molar-refractivity contribution in [3.8, 4) is 0 Å². The van der Waals surface area contributed by atoms with E-state index in [0.717, 1.165) is 38.2 Å². The molecule has 0 atom stereocenters. The number of carbonyl (C=O) groups excluding carboxylic acids is 1. The molecule has 0 saturated carbocycles. The summed E-state index contributed by atoms with van der Waals surface area (Å²) >= 11 is 12.3. The van der Waals surface area contributed by atoms with Gasteiger partial charge in [0.05, 0.1) is 11.6 Å². The lowest BCUT2D eigenvalue weighted by Crippen LogP contribution is -2.37. The van der Waals surface area contributed by atoms with Crippen molar-refractivity contribution >= 4 is 66.6 Å². The molecule has 0 bridgehead atoms. The fraction of sp³-hybridized carbons (Fsp3) is 0.138. The Hall–Kier alpha value is -3.36. The Balaban J connectivity index is 1.46. The van der Waals surface area contributed by atoms with Crippen LogP contribution in [0, 0.1) is 0 Å². The molecule has 0 unspecified atom stereocenters. The number of aryl methyl sites for hydroxylation is 1. The summed E-state index contributed by atoms with van der Waals surface area (Å²) in [5.74, 6) is -0.471. The fourth-order valence-electron chi connectivity index (χ4n) is 4.66. The van der Waals surface area contributed by atoms with Crippen LogP contribution in [0.5, 0.6) is 0 Å². The molecule has 6 nitrogen and oxygen atoms in total. The lowest BCUT2D eigenvalue weighted by atomic mass is 10.1. The highest BCUT2D eigenvalue weighted by atomic mass is 35.5. The van der Waals surface area contributed by atoms with Crippen LogP contribution in [0.4, 0.5) is 5.69 Å². The first-order chi connectivity index (χ1) is 18.3. The molecule has 0 aliphatic heterocycles. The van der Waals surface area contributed by atoms with E-state index in [0.29, 0.717) is 5.69 Å². The van der Waals surface area contributed by atoms with Gasteiger partial charge in [-0.25, -0.2) is 8.42 Å². The maximum Gasteiger partial charge on any atom is 0.245 e. The summed E-state index contributed by atoms with van der Waals surface area (Å²) in [4.78, 5) is 13.1. The number of para-hydroxylation sites is 1. The van der Waals surface area contributed by atoms with Crippen LogP contribution in [0.2, 0.25) is 10.0 Å². The van der Waals surface area contributed by atoms with Gasteiger partial charge in [0.15, 0.2) is 0 Å². The minimum Gasteiger partial charge on any atom is -0.341 e. The number of amides is 1. The molecule has 5 rings (SSSR count). The number of halogens is 2. The van der Waals surface area contributed by atoms with Gasteiger partial charge in [0, 0.05) is 45.6 Å². The van der Waals surface area contributed by atoms with Gasteiger partial charge in [-0.15, -0.1) is 0 Å². The largest absolute Gasteiger partial charge is 0.341 e. The van der Waals surface area contributed by atoms with E-state index in [1.54, 1.807) is 12.1 Å². The minimum atomic E-state index is -4.15. The number of sulfonamides is 1. The van der Waals surface area contributed by atoms with Crippen molar-refractivity contribution in [1.29, 1.82) is 0 Å². The summed E-state index contributed by atoms with van der Waals surface area (Å²) in [5, 5.41) is 5.25. The number of carbonyl (C=O) groups is 1. The van der Waals surface area contributed by atoms with Crippen molar-refractivity contribution < 1.29 is 13.2 Å². The van der Waals surface area contributed by atoms with Gasteiger partial charge in [0.2, 0.25) is 15.9 Å². The number of rotatable bonds is 8. The lowest BCUT2D eigenvalue weighted by molar-refractivity contribution is -0.116. The Morgan fingerprint density at radius 2 is 1.58 bits per heavy atom. The number of nitrogens with one attached hydrogen (secondary N) is 1. The predicted octanol–water partition coefficient (Wildman–Crippen LogP) is 6.95. The van der Waals surface area contributed by atoms with Gasteiger partial charge in [0.25, 0.3) is 0 Å². The number of hydrogen-bond acceptors (Lipinski definition) is 3. The molecule has 4 aromatic carbocycles. The van der Waals surface area contributed by atoms with Crippen LogP contribution >= 0.6 is 23.2 Å². The van der Waals surface area contributed by atoms with Crippen molar-refractivity contribution in [2.75, 3.05) is 11.9 Å². The summed E-state index contributed by atoms with van der Waals surface area (Å²) in [6.07, 6.45) is 0. The molecule has 1 amide bonds. The number of nitrogens with zero attached hydrogens (tertiary/aromatic N) is 2. The number of aromatic nitrogens is 1. The maximum atomic E-state index is 13.7. The number of fused-ring (bicyclic) bond motifs is 3. The number of anilines is 1. The van der Waals surface area contributed by atoms with E-state index in [1.165, 1.54) is 18.2 Å². The Morgan fingerprint density at radius 1 is 0.868 bits per heavy atom. The first-order valence-electron chi connectivity index (χ1n) is 12.1. The van der Waals surface area contributed by atoms with E-state index >= 15 is 0 Å². The number of hydrogen-bond donors (Lipinski definition) is 1. The number of benzene rings is 4. The van der Waals surface area contributed by atoms with Gasteiger partial charge < -0.3 is 9.88 Å². The second-order valence-corrected chi connectivity index (χ2v) is 11.6. The van der Waals surface area contributed by atoms with Crippen molar-refractivity contribution in [1.82, 2.24) is 8.87 Å². The van der Waals surface area contributed by atoms with Gasteiger partial charge in [-0.2, -0.15) is 4.31 Å². The van der Waals surface area contributed by atoms with Crippen LogP contribution in [0.15, 0.2) is 95.9 Å². The Kier molecular flexibility index (Phi) is 7.45. The highest BCUT2D eigenvalue weighted by molar-refractivity contribution is 7.89. The summed E-state index contributed by atoms with van der Waals surface area (Å²) in [6, 6.07) is 27.2. The van der Waals surface area contributed by atoms with Crippen LogP contribution in [0.3, 0.4) is 0 Å². The topological polar surface area (TPSA) is 71.4 Å². The molecule has 5 aromatic rings. The molecule has 1 aromatic heterocycles. The third-order valence-corrected chi connectivity index (χ3v) is 8.91. The SMILES string of the molecule is CCn1c2ccccc2c2cc(NC(=O)CN(Cc3ccccc3)S(=O)(=O)c3cc(Cl)ccc3Cl)ccc21. The van der Waals surface area contributed by atoms with Crippen molar-refractivity contribution in [2.45, 2.75) is 24.9 Å². The van der Waals surface area contributed by atoms with Crippen molar-refractivity contribution in [3.05, 3.63) is 107 Å². The van der Waals surface area contributed by atoms with Crippen LogP contribution in [-0.2, 0) is 27.9 Å². The van der Waals surface area contributed by atoms with Gasteiger partial charge in [-0.3, -0.25) is 4.79 Å².